The van der Waals surface area contributed by atoms with Crippen molar-refractivity contribution in [1.29, 1.82) is 0 Å². The lowest BCUT2D eigenvalue weighted by Crippen LogP contribution is -2.09. The van der Waals surface area contributed by atoms with Crippen LogP contribution >= 0.6 is 15.9 Å². The number of hydrogen-bond donors (Lipinski definition) is 0. The number of rotatable bonds is 5. The standard InChI is InChI=1S/C26H18BrN3O/c27-21-15-11-19(12-16-21)25-28-29-26(31-25)20-13-17-24(18-14-20)30(22-7-3-1-4-8-22)23-9-5-2-6-10-23/h1-18H. The van der Waals surface area contributed by atoms with Crippen molar-refractivity contribution in [2.24, 2.45) is 0 Å². The van der Waals surface area contributed by atoms with Crippen LogP contribution < -0.4 is 4.90 Å². The third-order valence-electron chi connectivity index (χ3n) is 4.92. The molecule has 5 aromatic rings. The third-order valence-corrected chi connectivity index (χ3v) is 5.45. The Morgan fingerprint density at radius 1 is 0.516 bits per heavy atom. The van der Waals surface area contributed by atoms with Gasteiger partial charge < -0.3 is 9.32 Å². The fourth-order valence-electron chi connectivity index (χ4n) is 3.40. The lowest BCUT2D eigenvalue weighted by molar-refractivity contribution is 0.584. The molecule has 0 aliphatic rings. The van der Waals surface area contributed by atoms with E-state index in [-0.39, 0.29) is 0 Å². The minimum Gasteiger partial charge on any atom is -0.416 e. The third kappa shape index (κ3) is 4.13. The van der Waals surface area contributed by atoms with E-state index in [1.807, 2.05) is 72.8 Å². The van der Waals surface area contributed by atoms with Gasteiger partial charge in [0.25, 0.3) is 0 Å². The highest BCUT2D eigenvalue weighted by Gasteiger charge is 2.14. The van der Waals surface area contributed by atoms with Gasteiger partial charge in [-0.05, 0) is 72.8 Å². The van der Waals surface area contributed by atoms with Gasteiger partial charge in [0.05, 0.1) is 0 Å². The van der Waals surface area contributed by atoms with Crippen LogP contribution in [0, 0.1) is 0 Å². The second-order valence-electron chi connectivity index (χ2n) is 6.97. The Labute approximate surface area is 188 Å². The van der Waals surface area contributed by atoms with E-state index in [2.05, 4.69) is 67.4 Å². The van der Waals surface area contributed by atoms with Crippen molar-refractivity contribution in [1.82, 2.24) is 10.2 Å². The molecule has 5 heteroatoms. The van der Waals surface area contributed by atoms with Crippen molar-refractivity contribution in [2.75, 3.05) is 4.90 Å². The maximum absolute atomic E-state index is 5.91. The average Bonchev–Trinajstić information content (AvgIpc) is 3.32. The molecule has 0 N–H and O–H groups in total. The number of nitrogens with zero attached hydrogens (tertiary/aromatic N) is 3. The van der Waals surface area contributed by atoms with Crippen molar-refractivity contribution in [3.05, 3.63) is 114 Å². The van der Waals surface area contributed by atoms with Crippen LogP contribution in [-0.4, -0.2) is 10.2 Å². The first-order valence-electron chi connectivity index (χ1n) is 9.88. The van der Waals surface area contributed by atoms with E-state index in [0.29, 0.717) is 11.8 Å². The molecule has 0 bridgehead atoms. The molecule has 0 amide bonds. The number of halogens is 1. The van der Waals surface area contributed by atoms with Crippen LogP contribution in [0.25, 0.3) is 22.9 Å². The van der Waals surface area contributed by atoms with E-state index >= 15 is 0 Å². The minimum absolute atomic E-state index is 0.496. The summed E-state index contributed by atoms with van der Waals surface area (Å²) in [5.41, 5.74) is 5.00. The SMILES string of the molecule is Brc1ccc(-c2nnc(-c3ccc(N(c4ccccc4)c4ccccc4)cc3)o2)cc1. The van der Waals surface area contributed by atoms with E-state index in [1.54, 1.807) is 0 Å². The summed E-state index contributed by atoms with van der Waals surface area (Å²) < 4.78 is 6.92. The van der Waals surface area contributed by atoms with Crippen LogP contribution in [0.3, 0.4) is 0 Å². The van der Waals surface area contributed by atoms with Crippen molar-refractivity contribution < 1.29 is 4.42 Å². The number of hydrogen-bond acceptors (Lipinski definition) is 4. The molecular formula is C26H18BrN3O. The minimum atomic E-state index is 0.496. The Hall–Kier alpha value is -3.70. The summed E-state index contributed by atoms with van der Waals surface area (Å²) in [7, 11) is 0. The molecule has 0 spiro atoms. The van der Waals surface area contributed by atoms with Gasteiger partial charge in [-0.15, -0.1) is 10.2 Å². The molecule has 0 saturated carbocycles. The lowest BCUT2D eigenvalue weighted by Gasteiger charge is -2.25. The Kier molecular flexibility index (Phi) is 5.33. The number of anilines is 3. The highest BCUT2D eigenvalue weighted by Crippen LogP contribution is 2.35. The van der Waals surface area contributed by atoms with E-state index < -0.39 is 0 Å². The van der Waals surface area contributed by atoms with Crippen molar-refractivity contribution in [3.63, 3.8) is 0 Å². The Morgan fingerprint density at radius 3 is 1.42 bits per heavy atom. The zero-order valence-corrected chi connectivity index (χ0v) is 18.1. The quantitative estimate of drug-likeness (QED) is 0.266. The molecule has 1 aromatic heterocycles. The Balaban J connectivity index is 1.47. The fraction of sp³-hybridized carbons (Fsp3) is 0. The van der Waals surface area contributed by atoms with Crippen molar-refractivity contribution in [3.8, 4) is 22.9 Å². The van der Waals surface area contributed by atoms with E-state index in [0.717, 1.165) is 32.7 Å². The van der Waals surface area contributed by atoms with Gasteiger partial charge in [-0.3, -0.25) is 0 Å². The second-order valence-corrected chi connectivity index (χ2v) is 7.89. The summed E-state index contributed by atoms with van der Waals surface area (Å²) in [5.74, 6) is 0.997. The van der Waals surface area contributed by atoms with E-state index in [9.17, 15) is 0 Å². The molecule has 1 heterocycles. The molecule has 0 radical (unpaired) electrons. The van der Waals surface area contributed by atoms with Gasteiger partial charge in [0, 0.05) is 32.7 Å². The summed E-state index contributed by atoms with van der Waals surface area (Å²) in [6.45, 7) is 0. The predicted molar refractivity (Wildman–Crippen MR) is 128 cm³/mol. The molecule has 31 heavy (non-hydrogen) atoms. The van der Waals surface area contributed by atoms with E-state index in [4.69, 9.17) is 4.42 Å². The van der Waals surface area contributed by atoms with Crippen LogP contribution in [-0.2, 0) is 0 Å². The topological polar surface area (TPSA) is 42.2 Å². The zero-order valence-electron chi connectivity index (χ0n) is 16.5. The second kappa shape index (κ2) is 8.58. The molecule has 0 unspecified atom stereocenters. The molecule has 0 atom stereocenters. The highest BCUT2D eigenvalue weighted by atomic mass is 79.9. The highest BCUT2D eigenvalue weighted by molar-refractivity contribution is 9.10. The maximum atomic E-state index is 5.91. The molecular weight excluding hydrogens is 450 g/mol. The van der Waals surface area contributed by atoms with E-state index in [1.165, 1.54) is 0 Å². The smallest absolute Gasteiger partial charge is 0.248 e. The van der Waals surface area contributed by atoms with Crippen LogP contribution in [0.15, 0.2) is 118 Å². The Bertz CT molecular complexity index is 1230. The van der Waals surface area contributed by atoms with Gasteiger partial charge in [0.1, 0.15) is 0 Å². The summed E-state index contributed by atoms with van der Waals surface area (Å²) in [5, 5.41) is 8.44. The molecule has 150 valence electrons. The molecule has 4 nitrogen and oxygen atoms in total. The van der Waals surface area contributed by atoms with Crippen molar-refractivity contribution in [2.45, 2.75) is 0 Å². The molecule has 0 aliphatic heterocycles. The summed E-state index contributed by atoms with van der Waals surface area (Å²) >= 11 is 3.44. The van der Waals surface area contributed by atoms with Crippen LogP contribution in [0.5, 0.6) is 0 Å². The lowest BCUT2D eigenvalue weighted by atomic mass is 10.1. The summed E-state index contributed by atoms with van der Waals surface area (Å²) in [6.07, 6.45) is 0. The largest absolute Gasteiger partial charge is 0.416 e. The van der Waals surface area contributed by atoms with Gasteiger partial charge in [0.2, 0.25) is 11.8 Å². The molecule has 5 rings (SSSR count). The fourth-order valence-corrected chi connectivity index (χ4v) is 3.67. The average molecular weight is 468 g/mol. The first kappa shape index (κ1) is 19.3. The van der Waals surface area contributed by atoms with Gasteiger partial charge in [0.15, 0.2) is 0 Å². The van der Waals surface area contributed by atoms with Gasteiger partial charge in [-0.2, -0.15) is 0 Å². The summed E-state index contributed by atoms with van der Waals surface area (Å²) in [6, 6.07) is 36.6. The monoisotopic (exact) mass is 467 g/mol. The van der Waals surface area contributed by atoms with Crippen LogP contribution in [0.1, 0.15) is 0 Å². The Morgan fingerprint density at radius 2 is 0.935 bits per heavy atom. The number of benzene rings is 4. The number of para-hydroxylation sites is 2. The molecule has 0 saturated heterocycles. The molecule has 0 aliphatic carbocycles. The molecule has 4 aromatic carbocycles. The van der Waals surface area contributed by atoms with Crippen LogP contribution in [0.4, 0.5) is 17.1 Å². The molecule has 0 fully saturated rings. The predicted octanol–water partition coefficient (Wildman–Crippen LogP) is 7.64. The first-order valence-corrected chi connectivity index (χ1v) is 10.7. The first-order chi connectivity index (χ1) is 15.3. The van der Waals surface area contributed by atoms with Gasteiger partial charge >= 0.3 is 0 Å². The zero-order chi connectivity index (χ0) is 21.0. The van der Waals surface area contributed by atoms with Gasteiger partial charge in [-0.1, -0.05) is 52.3 Å². The normalized spacial score (nSPS) is 10.7. The number of aromatic nitrogens is 2. The van der Waals surface area contributed by atoms with Crippen LogP contribution in [0.2, 0.25) is 0 Å². The van der Waals surface area contributed by atoms with Gasteiger partial charge in [-0.25, -0.2) is 0 Å². The maximum Gasteiger partial charge on any atom is 0.248 e. The van der Waals surface area contributed by atoms with Crippen molar-refractivity contribution >= 4 is 33.0 Å². The summed E-state index contributed by atoms with van der Waals surface area (Å²) in [4.78, 5) is 2.21.